The van der Waals surface area contributed by atoms with E-state index in [1.54, 1.807) is 19.1 Å². The van der Waals surface area contributed by atoms with Crippen molar-refractivity contribution in [3.05, 3.63) is 57.4 Å². The Morgan fingerprint density at radius 2 is 2.04 bits per heavy atom. The maximum Gasteiger partial charge on any atom is 0.342 e. The summed E-state index contributed by atoms with van der Waals surface area (Å²) in [6.45, 7) is 1.75. The maximum absolute atomic E-state index is 11.4. The molecule has 0 spiro atoms. The number of aryl methyl sites for hydroxylation is 1. The Labute approximate surface area is 150 Å². The number of H-pyrrole nitrogens is 1. The van der Waals surface area contributed by atoms with Crippen LogP contribution in [0.3, 0.4) is 0 Å². The first kappa shape index (κ1) is 16.5. The zero-order valence-electron chi connectivity index (χ0n) is 12.5. The molecule has 0 saturated carbocycles. The maximum atomic E-state index is 11.4. The summed E-state index contributed by atoms with van der Waals surface area (Å²) in [7, 11) is 0. The van der Waals surface area contributed by atoms with Gasteiger partial charge in [0, 0.05) is 16.1 Å². The monoisotopic (exact) mass is 405 g/mol. The number of thioether (sulfide) groups is 1. The van der Waals surface area contributed by atoms with E-state index in [0.717, 1.165) is 21.8 Å². The summed E-state index contributed by atoms with van der Waals surface area (Å²) in [5.41, 5.74) is 0.909. The number of hydrogen-bond acceptors (Lipinski definition) is 5. The lowest BCUT2D eigenvalue weighted by atomic mass is 10.2. The molecule has 2 heterocycles. The summed E-state index contributed by atoms with van der Waals surface area (Å²) in [6, 6.07) is 11.2. The van der Waals surface area contributed by atoms with Gasteiger partial charge < -0.3 is 9.52 Å². The molecule has 6 nitrogen and oxygen atoms in total. The van der Waals surface area contributed by atoms with Crippen LogP contribution in [0.15, 0.2) is 55.3 Å². The molecule has 0 aliphatic carbocycles. The molecule has 0 fully saturated rings. The number of nitrogens with one attached hydrogen (secondary N) is 1. The number of furan rings is 1. The molecule has 0 atom stereocenters. The van der Waals surface area contributed by atoms with Crippen molar-refractivity contribution in [1.82, 2.24) is 15.2 Å². The van der Waals surface area contributed by atoms with Crippen LogP contribution in [-0.4, -0.2) is 26.3 Å². The number of aliphatic carboxylic acids is 1. The number of carboxylic acids is 1. The number of carbonyl (C=O) groups is 1. The Kier molecular flexibility index (Phi) is 4.86. The number of carboxylic acid groups (broad SMARTS) is 1. The molecule has 3 aromatic rings. The fourth-order valence-corrected chi connectivity index (χ4v) is 2.93. The van der Waals surface area contributed by atoms with Gasteiger partial charge in [0.25, 0.3) is 0 Å². The molecule has 122 valence electrons. The molecule has 1 aromatic carbocycles. The third-order valence-corrected chi connectivity index (χ3v) is 4.42. The van der Waals surface area contributed by atoms with E-state index in [4.69, 9.17) is 4.42 Å². The van der Waals surface area contributed by atoms with Crippen LogP contribution in [0.5, 0.6) is 0 Å². The molecule has 24 heavy (non-hydrogen) atoms. The van der Waals surface area contributed by atoms with E-state index in [-0.39, 0.29) is 4.91 Å². The van der Waals surface area contributed by atoms with Gasteiger partial charge in [0.05, 0.1) is 0 Å². The number of hydrogen-bond donors (Lipinski definition) is 2. The van der Waals surface area contributed by atoms with Gasteiger partial charge >= 0.3 is 5.97 Å². The summed E-state index contributed by atoms with van der Waals surface area (Å²) in [5.74, 6) is 0.670. The smallest absolute Gasteiger partial charge is 0.342 e. The molecule has 0 aliphatic heterocycles. The number of halogens is 1. The first-order valence-electron chi connectivity index (χ1n) is 6.89. The van der Waals surface area contributed by atoms with Gasteiger partial charge in [-0.1, -0.05) is 28.1 Å². The van der Waals surface area contributed by atoms with Crippen LogP contribution >= 0.6 is 27.7 Å². The molecule has 0 amide bonds. The lowest BCUT2D eigenvalue weighted by Gasteiger charge is -1.98. The third-order valence-electron chi connectivity index (χ3n) is 3.02. The standard InChI is InChI=1S/C16H12BrN3O3S/c1-9-18-16(20-19-9)24-14(15(21)22)8-12-6-7-13(23-12)10-2-4-11(17)5-3-10/h2-8H,1H3,(H,21,22)(H,18,19,20). The predicted octanol–water partition coefficient (Wildman–Crippen LogP) is 4.35. The van der Waals surface area contributed by atoms with Gasteiger partial charge in [-0.25, -0.2) is 9.78 Å². The number of aromatic amines is 1. The van der Waals surface area contributed by atoms with Gasteiger partial charge in [0.15, 0.2) is 0 Å². The Bertz CT molecular complexity index is 899. The predicted molar refractivity (Wildman–Crippen MR) is 94.4 cm³/mol. The molecule has 2 aromatic heterocycles. The van der Waals surface area contributed by atoms with E-state index in [9.17, 15) is 9.90 Å². The van der Waals surface area contributed by atoms with Gasteiger partial charge in [-0.05, 0) is 43.0 Å². The molecular formula is C16H12BrN3O3S. The number of aromatic nitrogens is 3. The largest absolute Gasteiger partial charge is 0.477 e. The zero-order valence-corrected chi connectivity index (χ0v) is 14.9. The van der Waals surface area contributed by atoms with Gasteiger partial charge in [-0.2, -0.15) is 0 Å². The van der Waals surface area contributed by atoms with Crippen LogP contribution < -0.4 is 0 Å². The van der Waals surface area contributed by atoms with E-state index < -0.39 is 5.97 Å². The van der Waals surface area contributed by atoms with Crippen LogP contribution in [0, 0.1) is 6.92 Å². The number of benzene rings is 1. The second-order valence-electron chi connectivity index (χ2n) is 4.83. The third kappa shape index (κ3) is 3.95. The molecule has 0 saturated heterocycles. The highest BCUT2D eigenvalue weighted by molar-refractivity contribution is 9.10. The highest BCUT2D eigenvalue weighted by atomic mass is 79.9. The van der Waals surface area contributed by atoms with Crippen molar-refractivity contribution in [3.8, 4) is 11.3 Å². The van der Waals surface area contributed by atoms with Crippen molar-refractivity contribution in [2.45, 2.75) is 12.1 Å². The first-order chi connectivity index (χ1) is 11.5. The minimum Gasteiger partial charge on any atom is -0.477 e. The van der Waals surface area contributed by atoms with E-state index in [2.05, 4.69) is 31.1 Å². The Balaban J connectivity index is 1.85. The van der Waals surface area contributed by atoms with Crippen molar-refractivity contribution >= 4 is 39.7 Å². The van der Waals surface area contributed by atoms with Gasteiger partial charge in [-0.15, -0.1) is 5.10 Å². The fourth-order valence-electron chi connectivity index (χ4n) is 1.93. The lowest BCUT2D eigenvalue weighted by molar-refractivity contribution is -0.131. The van der Waals surface area contributed by atoms with Gasteiger partial charge in [-0.3, -0.25) is 5.10 Å². The van der Waals surface area contributed by atoms with Gasteiger partial charge in [0.1, 0.15) is 22.3 Å². The lowest BCUT2D eigenvalue weighted by Crippen LogP contribution is -1.97. The second-order valence-corrected chi connectivity index (χ2v) is 6.75. The summed E-state index contributed by atoms with van der Waals surface area (Å²) in [4.78, 5) is 15.6. The fraction of sp³-hybridized carbons (Fsp3) is 0.0625. The van der Waals surface area contributed by atoms with Crippen LogP contribution in [0.4, 0.5) is 0 Å². The molecule has 0 radical (unpaired) electrons. The van der Waals surface area contributed by atoms with E-state index in [1.807, 2.05) is 24.3 Å². The van der Waals surface area contributed by atoms with Crippen molar-refractivity contribution in [2.24, 2.45) is 0 Å². The second kappa shape index (κ2) is 7.06. The summed E-state index contributed by atoms with van der Waals surface area (Å²) in [6.07, 6.45) is 1.46. The van der Waals surface area contributed by atoms with Crippen molar-refractivity contribution in [2.75, 3.05) is 0 Å². The molecule has 2 N–H and O–H groups in total. The van der Waals surface area contributed by atoms with Crippen LogP contribution in [0.1, 0.15) is 11.6 Å². The van der Waals surface area contributed by atoms with Crippen LogP contribution in [0.25, 0.3) is 17.4 Å². The van der Waals surface area contributed by atoms with Crippen LogP contribution in [0.2, 0.25) is 0 Å². The van der Waals surface area contributed by atoms with Crippen molar-refractivity contribution < 1.29 is 14.3 Å². The number of nitrogens with zero attached hydrogens (tertiary/aromatic N) is 2. The molecular weight excluding hydrogens is 394 g/mol. The molecule has 0 bridgehead atoms. The highest BCUT2D eigenvalue weighted by Gasteiger charge is 2.14. The minimum atomic E-state index is -1.07. The minimum absolute atomic E-state index is 0.0747. The Morgan fingerprint density at radius 3 is 2.67 bits per heavy atom. The molecule has 3 rings (SSSR count). The van der Waals surface area contributed by atoms with E-state index in [1.165, 1.54) is 6.08 Å². The molecule has 8 heteroatoms. The van der Waals surface area contributed by atoms with Gasteiger partial charge in [0.2, 0.25) is 5.16 Å². The summed E-state index contributed by atoms with van der Waals surface area (Å²) >= 11 is 4.34. The Morgan fingerprint density at radius 1 is 1.29 bits per heavy atom. The van der Waals surface area contributed by atoms with Crippen molar-refractivity contribution in [3.63, 3.8) is 0 Å². The normalized spacial score (nSPS) is 11.7. The van der Waals surface area contributed by atoms with E-state index >= 15 is 0 Å². The SMILES string of the molecule is Cc1nc(SC(=Cc2ccc(-c3ccc(Br)cc3)o2)C(=O)O)n[nH]1. The summed E-state index contributed by atoms with van der Waals surface area (Å²) < 4.78 is 6.69. The topological polar surface area (TPSA) is 92.0 Å². The first-order valence-corrected chi connectivity index (χ1v) is 8.50. The summed E-state index contributed by atoms with van der Waals surface area (Å²) in [5, 5.41) is 16.3. The molecule has 0 unspecified atom stereocenters. The number of rotatable bonds is 5. The Hall–Kier alpha value is -2.32. The zero-order chi connectivity index (χ0) is 17.1. The average molecular weight is 406 g/mol. The average Bonchev–Trinajstić information content (AvgIpc) is 3.17. The van der Waals surface area contributed by atoms with E-state index in [0.29, 0.717) is 22.5 Å². The molecule has 0 aliphatic rings. The van der Waals surface area contributed by atoms with Crippen molar-refractivity contribution in [1.29, 1.82) is 0 Å². The van der Waals surface area contributed by atoms with Crippen LogP contribution in [-0.2, 0) is 4.79 Å². The quantitative estimate of drug-likeness (QED) is 0.484. The highest BCUT2D eigenvalue weighted by Crippen LogP contribution is 2.29.